The number of methoxy groups -OCH3 is 1. The summed E-state index contributed by atoms with van der Waals surface area (Å²) in [5.41, 5.74) is 1.22. The number of ether oxygens (including phenoxy) is 1. The van der Waals surface area contributed by atoms with Crippen molar-refractivity contribution in [1.82, 2.24) is 15.1 Å². The molecule has 0 fully saturated rings. The van der Waals surface area contributed by atoms with Crippen molar-refractivity contribution in [2.45, 2.75) is 26.1 Å². The highest BCUT2D eigenvalue weighted by Gasteiger charge is 2.03. The number of nitrogens with zero attached hydrogens (tertiary/aromatic N) is 2. The molecule has 1 atom stereocenters. The molecule has 0 unspecified atom stereocenters. The van der Waals surface area contributed by atoms with Gasteiger partial charge in [0.25, 0.3) is 0 Å². The molecule has 2 aromatic rings. The summed E-state index contributed by atoms with van der Waals surface area (Å²) < 4.78 is 7.14. The standard InChI is InChI=1S/C14H19N3O/c1-12(11-17-8-4-7-16-17)15-10-13-5-3-6-14(9-13)18-2/h3-9,12,15H,10-11H2,1-2H3/t12-/m1/s1. The summed E-state index contributed by atoms with van der Waals surface area (Å²) in [7, 11) is 1.69. The lowest BCUT2D eigenvalue weighted by molar-refractivity contribution is 0.413. The van der Waals surface area contributed by atoms with Crippen molar-refractivity contribution in [3.8, 4) is 5.75 Å². The van der Waals surface area contributed by atoms with Gasteiger partial charge in [0.1, 0.15) is 5.75 Å². The van der Waals surface area contributed by atoms with Crippen molar-refractivity contribution in [2.24, 2.45) is 0 Å². The van der Waals surface area contributed by atoms with Crippen LogP contribution in [-0.2, 0) is 13.1 Å². The molecule has 1 aromatic carbocycles. The molecule has 0 aliphatic carbocycles. The van der Waals surface area contributed by atoms with Gasteiger partial charge in [-0.3, -0.25) is 4.68 Å². The molecule has 0 bridgehead atoms. The van der Waals surface area contributed by atoms with Crippen LogP contribution in [0.15, 0.2) is 42.7 Å². The third kappa shape index (κ3) is 3.60. The van der Waals surface area contributed by atoms with E-state index in [-0.39, 0.29) is 0 Å². The number of hydrogen-bond acceptors (Lipinski definition) is 3. The van der Waals surface area contributed by atoms with Gasteiger partial charge in [0.05, 0.1) is 13.7 Å². The molecule has 0 saturated heterocycles. The highest BCUT2D eigenvalue weighted by molar-refractivity contribution is 5.28. The summed E-state index contributed by atoms with van der Waals surface area (Å²) in [5.74, 6) is 0.897. The van der Waals surface area contributed by atoms with Crippen LogP contribution in [0.2, 0.25) is 0 Å². The number of hydrogen-bond donors (Lipinski definition) is 1. The second kappa shape index (κ2) is 6.21. The van der Waals surface area contributed by atoms with E-state index in [2.05, 4.69) is 23.4 Å². The molecule has 18 heavy (non-hydrogen) atoms. The van der Waals surface area contributed by atoms with Crippen molar-refractivity contribution in [1.29, 1.82) is 0 Å². The van der Waals surface area contributed by atoms with Crippen LogP contribution in [0.5, 0.6) is 5.75 Å². The highest BCUT2D eigenvalue weighted by Crippen LogP contribution is 2.12. The molecule has 0 aliphatic rings. The fraction of sp³-hybridized carbons (Fsp3) is 0.357. The molecule has 0 aliphatic heterocycles. The topological polar surface area (TPSA) is 39.1 Å². The summed E-state index contributed by atoms with van der Waals surface area (Å²) in [4.78, 5) is 0. The van der Waals surface area contributed by atoms with Gasteiger partial charge in [-0.25, -0.2) is 0 Å². The fourth-order valence-corrected chi connectivity index (χ4v) is 1.83. The Morgan fingerprint density at radius 2 is 2.28 bits per heavy atom. The number of nitrogens with one attached hydrogen (secondary N) is 1. The van der Waals surface area contributed by atoms with E-state index in [1.165, 1.54) is 5.56 Å². The van der Waals surface area contributed by atoms with Crippen LogP contribution < -0.4 is 10.1 Å². The van der Waals surface area contributed by atoms with E-state index < -0.39 is 0 Å². The molecular weight excluding hydrogens is 226 g/mol. The Morgan fingerprint density at radius 1 is 1.39 bits per heavy atom. The van der Waals surface area contributed by atoms with Gasteiger partial charge in [-0.2, -0.15) is 5.10 Å². The quantitative estimate of drug-likeness (QED) is 0.846. The van der Waals surface area contributed by atoms with Gasteiger partial charge >= 0.3 is 0 Å². The number of rotatable bonds is 6. The molecule has 2 rings (SSSR count). The maximum Gasteiger partial charge on any atom is 0.119 e. The third-order valence-corrected chi connectivity index (χ3v) is 2.81. The number of benzene rings is 1. The first-order valence-corrected chi connectivity index (χ1v) is 6.11. The molecule has 0 spiro atoms. The van der Waals surface area contributed by atoms with E-state index in [9.17, 15) is 0 Å². The summed E-state index contributed by atoms with van der Waals surface area (Å²) >= 11 is 0. The smallest absolute Gasteiger partial charge is 0.119 e. The first-order chi connectivity index (χ1) is 8.78. The zero-order chi connectivity index (χ0) is 12.8. The molecule has 4 heteroatoms. The van der Waals surface area contributed by atoms with Gasteiger partial charge in [-0.1, -0.05) is 12.1 Å². The SMILES string of the molecule is COc1cccc(CN[C@H](C)Cn2cccn2)c1. The monoisotopic (exact) mass is 245 g/mol. The van der Waals surface area contributed by atoms with Crippen molar-refractivity contribution >= 4 is 0 Å². The Bertz CT molecular complexity index is 468. The summed E-state index contributed by atoms with van der Waals surface area (Å²) in [6, 6.07) is 10.4. The van der Waals surface area contributed by atoms with Crippen molar-refractivity contribution in [3.05, 3.63) is 48.3 Å². The van der Waals surface area contributed by atoms with E-state index in [0.717, 1.165) is 18.8 Å². The minimum atomic E-state index is 0.371. The molecule has 0 amide bonds. The second-order valence-electron chi connectivity index (χ2n) is 4.36. The van der Waals surface area contributed by atoms with Crippen molar-refractivity contribution in [3.63, 3.8) is 0 Å². The Labute approximate surface area is 108 Å². The summed E-state index contributed by atoms with van der Waals surface area (Å²) in [6.45, 7) is 3.86. The summed E-state index contributed by atoms with van der Waals surface area (Å²) in [5, 5.41) is 7.67. The molecule has 1 aromatic heterocycles. The van der Waals surface area contributed by atoms with E-state index >= 15 is 0 Å². The maximum atomic E-state index is 5.20. The van der Waals surface area contributed by atoms with Crippen molar-refractivity contribution in [2.75, 3.05) is 7.11 Å². The van der Waals surface area contributed by atoms with E-state index in [0.29, 0.717) is 6.04 Å². The lowest BCUT2D eigenvalue weighted by Crippen LogP contribution is -2.30. The highest BCUT2D eigenvalue weighted by atomic mass is 16.5. The van der Waals surface area contributed by atoms with Gasteiger partial charge in [0, 0.05) is 25.0 Å². The van der Waals surface area contributed by atoms with Gasteiger partial charge in [-0.15, -0.1) is 0 Å². The van der Waals surface area contributed by atoms with Crippen molar-refractivity contribution < 1.29 is 4.74 Å². The lowest BCUT2D eigenvalue weighted by Gasteiger charge is -2.14. The van der Waals surface area contributed by atoms with Gasteiger partial charge < -0.3 is 10.1 Å². The average molecular weight is 245 g/mol. The van der Waals surface area contributed by atoms with Crippen LogP contribution in [0.3, 0.4) is 0 Å². The fourth-order valence-electron chi connectivity index (χ4n) is 1.83. The van der Waals surface area contributed by atoms with Gasteiger partial charge in [-0.05, 0) is 30.7 Å². The number of aromatic nitrogens is 2. The molecule has 0 radical (unpaired) electrons. The van der Waals surface area contributed by atoms with Crippen LogP contribution in [0.4, 0.5) is 0 Å². The van der Waals surface area contributed by atoms with Gasteiger partial charge in [0.2, 0.25) is 0 Å². The minimum absolute atomic E-state index is 0.371. The zero-order valence-corrected chi connectivity index (χ0v) is 10.8. The van der Waals surface area contributed by atoms with Crippen LogP contribution in [-0.4, -0.2) is 22.9 Å². The Balaban J connectivity index is 1.83. The third-order valence-electron chi connectivity index (χ3n) is 2.81. The van der Waals surface area contributed by atoms with E-state index in [4.69, 9.17) is 4.74 Å². The maximum absolute atomic E-state index is 5.20. The van der Waals surface area contributed by atoms with E-state index in [1.807, 2.05) is 35.1 Å². The molecule has 96 valence electrons. The normalized spacial score (nSPS) is 12.3. The molecular formula is C14H19N3O. The van der Waals surface area contributed by atoms with Gasteiger partial charge in [0.15, 0.2) is 0 Å². The predicted octanol–water partition coefficient (Wildman–Crippen LogP) is 2.07. The van der Waals surface area contributed by atoms with E-state index in [1.54, 1.807) is 13.3 Å². The lowest BCUT2D eigenvalue weighted by atomic mass is 10.2. The Hall–Kier alpha value is -1.81. The molecule has 1 N–H and O–H groups in total. The average Bonchev–Trinajstić information content (AvgIpc) is 2.89. The Morgan fingerprint density at radius 3 is 3.00 bits per heavy atom. The molecule has 1 heterocycles. The first kappa shape index (κ1) is 12.6. The largest absolute Gasteiger partial charge is 0.497 e. The Kier molecular flexibility index (Phi) is 4.36. The molecule has 0 saturated carbocycles. The predicted molar refractivity (Wildman–Crippen MR) is 71.5 cm³/mol. The zero-order valence-electron chi connectivity index (χ0n) is 10.8. The van der Waals surface area contributed by atoms with Crippen LogP contribution in [0, 0.1) is 0 Å². The van der Waals surface area contributed by atoms with Crippen LogP contribution >= 0.6 is 0 Å². The van der Waals surface area contributed by atoms with Crippen LogP contribution in [0.1, 0.15) is 12.5 Å². The second-order valence-corrected chi connectivity index (χ2v) is 4.36. The summed E-state index contributed by atoms with van der Waals surface area (Å²) in [6.07, 6.45) is 3.78. The first-order valence-electron chi connectivity index (χ1n) is 6.11. The van der Waals surface area contributed by atoms with Crippen LogP contribution in [0.25, 0.3) is 0 Å². The minimum Gasteiger partial charge on any atom is -0.497 e. The molecule has 4 nitrogen and oxygen atoms in total.